The maximum Gasteiger partial charge on any atom is 0.336 e. The molecular formula is C22H16Cl2N2O5. The molecule has 3 rings (SSSR count). The van der Waals surface area contributed by atoms with Gasteiger partial charge in [0.25, 0.3) is 5.91 Å². The summed E-state index contributed by atoms with van der Waals surface area (Å²) < 4.78 is 15.6. The third kappa shape index (κ3) is 7.33. The monoisotopic (exact) mass is 458 g/mol. The van der Waals surface area contributed by atoms with Gasteiger partial charge in [-0.1, -0.05) is 23.2 Å². The Morgan fingerprint density at radius 2 is 1.90 bits per heavy atom. The molecule has 1 aromatic heterocycles. The van der Waals surface area contributed by atoms with Crippen LogP contribution in [0, 0.1) is 0 Å². The fourth-order valence-electron chi connectivity index (χ4n) is 2.26. The first-order valence-electron chi connectivity index (χ1n) is 8.93. The Bertz CT molecular complexity index is 1090. The molecule has 158 valence electrons. The van der Waals surface area contributed by atoms with Gasteiger partial charge in [-0.05, 0) is 66.2 Å². The molecule has 0 aliphatic heterocycles. The number of carbonyl (C=O) groups is 2. The van der Waals surface area contributed by atoms with E-state index in [1.165, 1.54) is 30.7 Å². The Balaban J connectivity index is 1.43. The van der Waals surface area contributed by atoms with Crippen molar-refractivity contribution in [3.8, 4) is 11.5 Å². The lowest BCUT2D eigenvalue weighted by molar-refractivity contribution is -0.129. The van der Waals surface area contributed by atoms with Crippen LogP contribution in [-0.4, -0.2) is 24.7 Å². The van der Waals surface area contributed by atoms with E-state index < -0.39 is 11.9 Å². The van der Waals surface area contributed by atoms with Crippen LogP contribution in [0.1, 0.15) is 11.3 Å². The highest BCUT2D eigenvalue weighted by Crippen LogP contribution is 2.27. The first-order chi connectivity index (χ1) is 15.0. The van der Waals surface area contributed by atoms with Gasteiger partial charge in [0.1, 0.15) is 17.3 Å². The van der Waals surface area contributed by atoms with Gasteiger partial charge in [0.05, 0.1) is 17.5 Å². The van der Waals surface area contributed by atoms with Gasteiger partial charge < -0.3 is 13.9 Å². The van der Waals surface area contributed by atoms with Crippen molar-refractivity contribution in [3.63, 3.8) is 0 Å². The number of halogens is 2. The number of esters is 1. The molecular weight excluding hydrogens is 443 g/mol. The van der Waals surface area contributed by atoms with E-state index in [0.717, 1.165) is 0 Å². The summed E-state index contributed by atoms with van der Waals surface area (Å²) in [5.41, 5.74) is 3.03. The van der Waals surface area contributed by atoms with Crippen LogP contribution in [-0.2, 0) is 9.59 Å². The number of furan rings is 1. The predicted molar refractivity (Wildman–Crippen MR) is 118 cm³/mol. The fraction of sp³-hybridized carbons (Fsp3) is 0.0455. The minimum absolute atomic E-state index is 0.265. The van der Waals surface area contributed by atoms with E-state index in [0.29, 0.717) is 32.9 Å². The van der Waals surface area contributed by atoms with Gasteiger partial charge in [0, 0.05) is 11.1 Å². The lowest BCUT2D eigenvalue weighted by Gasteiger charge is -2.07. The van der Waals surface area contributed by atoms with Crippen molar-refractivity contribution >= 4 is 47.4 Å². The van der Waals surface area contributed by atoms with Crippen molar-refractivity contribution in [1.29, 1.82) is 0 Å². The summed E-state index contributed by atoms with van der Waals surface area (Å²) in [4.78, 5) is 23.6. The van der Waals surface area contributed by atoms with Crippen molar-refractivity contribution in [2.75, 3.05) is 6.61 Å². The molecule has 1 N–H and O–H groups in total. The number of carbonyl (C=O) groups excluding carboxylic acids is 2. The zero-order chi connectivity index (χ0) is 22.1. The Kier molecular flexibility index (Phi) is 7.86. The zero-order valence-electron chi connectivity index (χ0n) is 16.0. The quantitative estimate of drug-likeness (QED) is 0.173. The van der Waals surface area contributed by atoms with Gasteiger partial charge in [0.2, 0.25) is 0 Å². The molecule has 2 aromatic carbocycles. The SMILES string of the molecule is O=C(COc1ccc(Cl)cc1Cl)N/N=C/c1ccc(OC(=O)/C=C/c2ccco2)cc1. The van der Waals surface area contributed by atoms with Gasteiger partial charge in [-0.25, -0.2) is 10.2 Å². The number of nitrogens with one attached hydrogen (secondary N) is 1. The van der Waals surface area contributed by atoms with Crippen LogP contribution >= 0.6 is 23.2 Å². The number of amides is 1. The Labute approximate surface area is 187 Å². The van der Waals surface area contributed by atoms with Gasteiger partial charge in [-0.2, -0.15) is 5.10 Å². The van der Waals surface area contributed by atoms with Crippen LogP contribution in [0.25, 0.3) is 6.08 Å². The highest BCUT2D eigenvalue weighted by atomic mass is 35.5. The maximum atomic E-state index is 11.8. The second-order valence-electron chi connectivity index (χ2n) is 6.00. The van der Waals surface area contributed by atoms with Crippen LogP contribution in [0.5, 0.6) is 11.5 Å². The average Bonchev–Trinajstić information content (AvgIpc) is 3.27. The summed E-state index contributed by atoms with van der Waals surface area (Å²) in [5.74, 6) is 0.257. The number of benzene rings is 2. The lowest BCUT2D eigenvalue weighted by atomic mass is 10.2. The molecule has 1 heterocycles. The summed E-state index contributed by atoms with van der Waals surface area (Å²) in [6.45, 7) is -0.265. The summed E-state index contributed by atoms with van der Waals surface area (Å²) in [5, 5.41) is 4.63. The fourth-order valence-corrected chi connectivity index (χ4v) is 2.72. The highest BCUT2D eigenvalue weighted by molar-refractivity contribution is 6.35. The molecule has 9 heteroatoms. The molecule has 0 fully saturated rings. The molecule has 0 aliphatic rings. The Hall–Kier alpha value is -3.55. The third-order valence-electron chi connectivity index (χ3n) is 3.68. The molecule has 0 aliphatic carbocycles. The molecule has 0 saturated heterocycles. The van der Waals surface area contributed by atoms with Gasteiger partial charge in [0.15, 0.2) is 6.61 Å². The van der Waals surface area contributed by atoms with Crippen LogP contribution < -0.4 is 14.9 Å². The maximum absolute atomic E-state index is 11.8. The van der Waals surface area contributed by atoms with Gasteiger partial charge >= 0.3 is 5.97 Å². The molecule has 0 atom stereocenters. The molecule has 0 spiro atoms. The van der Waals surface area contributed by atoms with Crippen molar-refractivity contribution in [2.45, 2.75) is 0 Å². The number of rotatable bonds is 8. The van der Waals surface area contributed by atoms with E-state index in [4.69, 9.17) is 37.1 Å². The van der Waals surface area contributed by atoms with Gasteiger partial charge in [-0.15, -0.1) is 0 Å². The van der Waals surface area contributed by atoms with E-state index in [1.807, 2.05) is 0 Å². The minimum Gasteiger partial charge on any atom is -0.482 e. The zero-order valence-corrected chi connectivity index (χ0v) is 17.5. The average molecular weight is 459 g/mol. The summed E-state index contributed by atoms with van der Waals surface area (Å²) in [6, 6.07) is 14.7. The number of ether oxygens (including phenoxy) is 2. The first-order valence-corrected chi connectivity index (χ1v) is 9.68. The van der Waals surface area contributed by atoms with Gasteiger partial charge in [-0.3, -0.25) is 4.79 Å². The normalized spacial score (nSPS) is 11.0. The summed E-state index contributed by atoms with van der Waals surface area (Å²) in [7, 11) is 0. The summed E-state index contributed by atoms with van der Waals surface area (Å²) >= 11 is 11.8. The van der Waals surface area contributed by atoms with Crippen LogP contribution in [0.2, 0.25) is 10.0 Å². The van der Waals surface area contributed by atoms with E-state index in [2.05, 4.69) is 10.5 Å². The largest absolute Gasteiger partial charge is 0.482 e. The Morgan fingerprint density at radius 3 is 2.61 bits per heavy atom. The second-order valence-corrected chi connectivity index (χ2v) is 6.84. The molecule has 0 bridgehead atoms. The number of hydrazone groups is 1. The molecule has 0 radical (unpaired) electrons. The first kappa shape index (κ1) is 22.1. The number of hydrogen-bond acceptors (Lipinski definition) is 6. The summed E-state index contributed by atoms with van der Waals surface area (Å²) in [6.07, 6.45) is 5.73. The molecule has 7 nitrogen and oxygen atoms in total. The van der Waals surface area contributed by atoms with Crippen LogP contribution in [0.3, 0.4) is 0 Å². The van der Waals surface area contributed by atoms with Crippen molar-refractivity contribution in [3.05, 3.63) is 88.3 Å². The highest BCUT2D eigenvalue weighted by Gasteiger charge is 2.06. The second kappa shape index (κ2) is 11.0. The molecule has 1 amide bonds. The van der Waals surface area contributed by atoms with E-state index in [9.17, 15) is 9.59 Å². The Morgan fingerprint density at radius 1 is 1.10 bits per heavy atom. The molecule has 31 heavy (non-hydrogen) atoms. The minimum atomic E-state index is -0.536. The van der Waals surface area contributed by atoms with Crippen molar-refractivity contribution < 1.29 is 23.5 Å². The molecule has 3 aromatic rings. The standard InChI is InChI=1S/C22H16Cl2N2O5/c23-16-5-9-20(19(24)12-16)30-14-21(27)26-25-13-15-3-6-18(7-4-15)31-22(28)10-8-17-2-1-11-29-17/h1-13H,14H2,(H,26,27)/b10-8+,25-13+. The van der Waals surface area contributed by atoms with Crippen LogP contribution in [0.15, 0.2) is 76.5 Å². The van der Waals surface area contributed by atoms with E-state index in [-0.39, 0.29) is 6.61 Å². The van der Waals surface area contributed by atoms with Crippen molar-refractivity contribution in [1.82, 2.24) is 5.43 Å². The van der Waals surface area contributed by atoms with E-state index in [1.54, 1.807) is 48.5 Å². The van der Waals surface area contributed by atoms with Crippen molar-refractivity contribution in [2.24, 2.45) is 5.10 Å². The smallest absolute Gasteiger partial charge is 0.336 e. The number of hydrogen-bond donors (Lipinski definition) is 1. The molecule has 0 unspecified atom stereocenters. The third-order valence-corrected chi connectivity index (χ3v) is 4.21. The van der Waals surface area contributed by atoms with E-state index >= 15 is 0 Å². The molecule has 0 saturated carbocycles. The van der Waals surface area contributed by atoms with Crippen LogP contribution in [0.4, 0.5) is 0 Å². The topological polar surface area (TPSA) is 90.1 Å². The predicted octanol–water partition coefficient (Wildman–Crippen LogP) is 4.73. The lowest BCUT2D eigenvalue weighted by Crippen LogP contribution is -2.24. The number of nitrogens with zero attached hydrogens (tertiary/aromatic N) is 1.